The zero-order valence-corrected chi connectivity index (χ0v) is 22.6. The lowest BCUT2D eigenvalue weighted by Gasteiger charge is -2.35. The van der Waals surface area contributed by atoms with Crippen LogP contribution in [0.2, 0.25) is 0 Å². The van der Waals surface area contributed by atoms with E-state index in [1.165, 1.54) is 16.7 Å². The Balaban J connectivity index is 2.43. The Labute approximate surface area is 201 Å². The smallest absolute Gasteiger partial charge is 0.306 e. The molecule has 184 valence electrons. The van der Waals surface area contributed by atoms with E-state index in [4.69, 9.17) is 4.18 Å². The zero-order valence-electron chi connectivity index (χ0n) is 21.8. The van der Waals surface area contributed by atoms with Gasteiger partial charge in [-0.1, -0.05) is 71.9 Å². The molecule has 0 fully saturated rings. The third kappa shape index (κ3) is 6.39. The fourth-order valence-electron chi connectivity index (χ4n) is 4.97. The fraction of sp³-hybridized carbons (Fsp3) is 0.571. The predicted molar refractivity (Wildman–Crippen MR) is 138 cm³/mol. The van der Waals surface area contributed by atoms with Crippen molar-refractivity contribution in [3.63, 3.8) is 0 Å². The number of rotatable bonds is 9. The van der Waals surface area contributed by atoms with E-state index >= 15 is 0 Å². The lowest BCUT2D eigenvalue weighted by molar-refractivity contribution is 0.0182. The van der Waals surface area contributed by atoms with Crippen molar-refractivity contribution in [1.82, 2.24) is 0 Å². The minimum absolute atomic E-state index is 0.141. The minimum atomic E-state index is -3.57. The molecule has 0 radical (unpaired) electrons. The molecule has 33 heavy (non-hydrogen) atoms. The van der Waals surface area contributed by atoms with Crippen LogP contribution in [0.1, 0.15) is 82.2 Å². The van der Waals surface area contributed by atoms with Crippen molar-refractivity contribution in [2.45, 2.75) is 86.2 Å². The maximum atomic E-state index is 11.6. The zero-order chi connectivity index (χ0) is 25.2. The van der Waals surface area contributed by atoms with Crippen LogP contribution in [0.15, 0.2) is 36.4 Å². The summed E-state index contributed by atoms with van der Waals surface area (Å²) >= 11 is 0. The van der Waals surface area contributed by atoms with Crippen LogP contribution < -0.4 is 4.18 Å². The lowest BCUT2D eigenvalue weighted by Crippen LogP contribution is -2.33. The van der Waals surface area contributed by atoms with Gasteiger partial charge in [-0.05, 0) is 78.3 Å². The van der Waals surface area contributed by atoms with Gasteiger partial charge in [-0.2, -0.15) is 8.42 Å². The Hall–Kier alpha value is -1.85. The van der Waals surface area contributed by atoms with E-state index in [0.717, 1.165) is 36.6 Å². The highest BCUT2D eigenvalue weighted by atomic mass is 32.2. The van der Waals surface area contributed by atoms with Gasteiger partial charge in [-0.15, -0.1) is 0 Å². The quantitative estimate of drug-likeness (QED) is 0.431. The van der Waals surface area contributed by atoms with Crippen LogP contribution >= 0.6 is 0 Å². The molecule has 0 heterocycles. The summed E-state index contributed by atoms with van der Waals surface area (Å²) in [6.07, 6.45) is 3.39. The van der Waals surface area contributed by atoms with Crippen molar-refractivity contribution in [3.05, 3.63) is 64.2 Å². The normalized spacial score (nSPS) is 14.7. The van der Waals surface area contributed by atoms with E-state index in [0.29, 0.717) is 5.75 Å². The topological polar surface area (TPSA) is 63.6 Å². The molecule has 0 bridgehead atoms. The third-order valence-electron chi connectivity index (χ3n) is 7.04. The first kappa shape index (κ1) is 27.4. The van der Waals surface area contributed by atoms with Crippen molar-refractivity contribution in [3.8, 4) is 5.75 Å². The largest absolute Gasteiger partial charge is 0.392 e. The highest BCUT2D eigenvalue weighted by molar-refractivity contribution is 7.86. The molecule has 0 aliphatic carbocycles. The molecular formula is C28H42O4S. The minimum Gasteiger partial charge on any atom is -0.392 e. The van der Waals surface area contributed by atoms with Crippen molar-refractivity contribution in [1.29, 1.82) is 0 Å². The summed E-state index contributed by atoms with van der Waals surface area (Å²) < 4.78 is 28.3. The van der Waals surface area contributed by atoms with Crippen molar-refractivity contribution in [2.24, 2.45) is 11.3 Å². The Kier molecular flexibility index (Phi) is 8.46. The highest BCUT2D eigenvalue weighted by Crippen LogP contribution is 2.41. The second kappa shape index (κ2) is 10.2. The maximum absolute atomic E-state index is 11.6. The van der Waals surface area contributed by atoms with Crippen molar-refractivity contribution < 1.29 is 17.7 Å². The van der Waals surface area contributed by atoms with Crippen LogP contribution in [-0.2, 0) is 22.0 Å². The molecule has 2 aromatic rings. The number of hydrogen-bond donors (Lipinski definition) is 1. The molecule has 0 aromatic heterocycles. The molecule has 0 aliphatic rings. The van der Waals surface area contributed by atoms with Crippen LogP contribution in [-0.4, -0.2) is 25.9 Å². The monoisotopic (exact) mass is 474 g/mol. The number of aryl methyl sites for hydroxylation is 2. The average Bonchev–Trinajstić information content (AvgIpc) is 2.70. The average molecular weight is 475 g/mol. The lowest BCUT2D eigenvalue weighted by atomic mass is 9.69. The molecule has 2 unspecified atom stereocenters. The van der Waals surface area contributed by atoms with E-state index in [9.17, 15) is 13.5 Å². The Morgan fingerprint density at radius 3 is 1.88 bits per heavy atom. The Morgan fingerprint density at radius 2 is 1.45 bits per heavy atom. The number of hydrogen-bond acceptors (Lipinski definition) is 4. The van der Waals surface area contributed by atoms with Crippen molar-refractivity contribution >= 4 is 10.1 Å². The van der Waals surface area contributed by atoms with Crippen LogP contribution in [0, 0.1) is 25.2 Å². The predicted octanol–water partition coefficient (Wildman–Crippen LogP) is 6.33. The van der Waals surface area contributed by atoms with E-state index in [1.54, 1.807) is 6.07 Å². The highest BCUT2D eigenvalue weighted by Gasteiger charge is 2.32. The van der Waals surface area contributed by atoms with Crippen LogP contribution in [0.3, 0.4) is 0 Å². The molecule has 0 saturated carbocycles. The van der Waals surface area contributed by atoms with Crippen LogP contribution in [0.4, 0.5) is 0 Å². The molecule has 2 rings (SSSR count). The Bertz CT molecular complexity index is 1060. The first-order valence-electron chi connectivity index (χ1n) is 11.9. The van der Waals surface area contributed by atoms with E-state index in [1.807, 2.05) is 13.0 Å². The number of aliphatic hydroxyl groups is 1. The molecule has 0 amide bonds. The summed E-state index contributed by atoms with van der Waals surface area (Å²) in [6, 6.07) is 12.5. The second-order valence-corrected chi connectivity index (χ2v) is 12.3. The van der Waals surface area contributed by atoms with Gasteiger partial charge in [0.25, 0.3) is 0 Å². The summed E-state index contributed by atoms with van der Waals surface area (Å²) in [5.74, 6) is 0.543. The van der Waals surface area contributed by atoms with Gasteiger partial charge in [-0.3, -0.25) is 0 Å². The molecule has 5 heteroatoms. The molecule has 0 saturated heterocycles. The van der Waals surface area contributed by atoms with Crippen LogP contribution in [0.5, 0.6) is 5.75 Å². The summed E-state index contributed by atoms with van der Waals surface area (Å²) in [6.45, 7) is 16.8. The van der Waals surface area contributed by atoms with E-state index in [2.05, 4.69) is 72.7 Å². The SMILES string of the molecule is CCC(CC)(c1ccc(CC(C)C(O)C(C)(C)C)c(C)c1)c1ccc(OS(C)(=O)=O)c(C)c1. The van der Waals surface area contributed by atoms with E-state index in [-0.39, 0.29) is 22.9 Å². The van der Waals surface area contributed by atoms with Gasteiger partial charge in [0.15, 0.2) is 0 Å². The summed E-state index contributed by atoms with van der Waals surface area (Å²) in [5.41, 5.74) is 5.42. The molecule has 1 N–H and O–H groups in total. The van der Waals surface area contributed by atoms with Gasteiger partial charge in [0.1, 0.15) is 5.75 Å². The summed E-state index contributed by atoms with van der Waals surface area (Å²) in [5, 5.41) is 10.7. The van der Waals surface area contributed by atoms with Crippen LogP contribution in [0.25, 0.3) is 0 Å². The first-order valence-corrected chi connectivity index (χ1v) is 13.7. The van der Waals surface area contributed by atoms with E-state index < -0.39 is 10.1 Å². The molecule has 0 aliphatic heterocycles. The van der Waals surface area contributed by atoms with Gasteiger partial charge in [0.2, 0.25) is 0 Å². The van der Waals surface area contributed by atoms with Gasteiger partial charge >= 0.3 is 10.1 Å². The molecule has 2 aromatic carbocycles. The third-order valence-corrected chi connectivity index (χ3v) is 7.52. The number of aliphatic hydroxyl groups excluding tert-OH is 1. The summed E-state index contributed by atoms with van der Waals surface area (Å²) in [7, 11) is -3.57. The van der Waals surface area contributed by atoms with Crippen molar-refractivity contribution in [2.75, 3.05) is 6.26 Å². The number of benzene rings is 2. The molecule has 4 nitrogen and oxygen atoms in total. The molecular weight excluding hydrogens is 432 g/mol. The second-order valence-electron chi connectivity index (χ2n) is 10.7. The standard InChI is InChI=1S/C28H42O4S/c1-10-28(11-2,24-14-15-25(20(4)18-24)32-33(9,30)31)23-13-12-22(19(3)17-23)16-21(5)26(29)27(6,7)8/h12-15,17-18,21,26,29H,10-11,16H2,1-9H3. The van der Waals surface area contributed by atoms with Gasteiger partial charge < -0.3 is 9.29 Å². The summed E-state index contributed by atoms with van der Waals surface area (Å²) in [4.78, 5) is 0. The Morgan fingerprint density at radius 1 is 0.939 bits per heavy atom. The molecule has 0 spiro atoms. The maximum Gasteiger partial charge on any atom is 0.306 e. The first-order chi connectivity index (χ1) is 15.1. The molecule has 2 atom stereocenters. The van der Waals surface area contributed by atoms with Gasteiger partial charge in [-0.25, -0.2) is 0 Å². The van der Waals surface area contributed by atoms with Gasteiger partial charge in [0.05, 0.1) is 12.4 Å². The van der Waals surface area contributed by atoms with Gasteiger partial charge in [0, 0.05) is 5.41 Å². The fourth-order valence-corrected chi connectivity index (χ4v) is 5.48.